The van der Waals surface area contributed by atoms with E-state index in [0.717, 1.165) is 13.0 Å². The molecule has 0 aromatic carbocycles. The van der Waals surface area contributed by atoms with Crippen LogP contribution in [-0.4, -0.2) is 61.0 Å². The molecule has 5 heteroatoms. The molecule has 0 unspecified atom stereocenters. The monoisotopic (exact) mass is 261 g/mol. The van der Waals surface area contributed by atoms with Gasteiger partial charge in [0.2, 0.25) is 0 Å². The van der Waals surface area contributed by atoms with Crippen LogP contribution >= 0.6 is 0 Å². The first-order chi connectivity index (χ1) is 8.60. The van der Waals surface area contributed by atoms with Crippen LogP contribution in [0, 0.1) is 0 Å². The van der Waals surface area contributed by atoms with Crippen LogP contribution in [0.1, 0.15) is 38.5 Å². The van der Waals surface area contributed by atoms with Gasteiger partial charge in [0.25, 0.3) is 0 Å². The molecule has 0 bridgehead atoms. The van der Waals surface area contributed by atoms with Gasteiger partial charge in [0.15, 0.2) is 0 Å². The number of aliphatic hydroxyl groups excluding tert-OH is 2. The van der Waals surface area contributed by atoms with Gasteiger partial charge < -0.3 is 19.8 Å². The van der Waals surface area contributed by atoms with Crippen LogP contribution in [0.25, 0.3) is 0 Å². The number of rotatable bonds is 11. The maximum atomic E-state index is 11.6. The molecule has 0 saturated heterocycles. The quantitative estimate of drug-likeness (QED) is 0.538. The molecular formula is C13H27NO4. The SMILES string of the molecule is CN(C)CCCC(=O)OC(CCCO)CCCO. The minimum Gasteiger partial charge on any atom is -0.462 e. The van der Waals surface area contributed by atoms with E-state index in [2.05, 4.69) is 0 Å². The van der Waals surface area contributed by atoms with E-state index in [1.54, 1.807) is 0 Å². The molecule has 0 aliphatic rings. The van der Waals surface area contributed by atoms with Gasteiger partial charge in [-0.3, -0.25) is 4.79 Å². The lowest BCUT2D eigenvalue weighted by Gasteiger charge is -2.17. The molecule has 18 heavy (non-hydrogen) atoms. The van der Waals surface area contributed by atoms with Crippen molar-refractivity contribution in [3.8, 4) is 0 Å². The van der Waals surface area contributed by atoms with Gasteiger partial charge in [-0.15, -0.1) is 0 Å². The Morgan fingerprint density at radius 3 is 2.11 bits per heavy atom. The van der Waals surface area contributed by atoms with E-state index in [4.69, 9.17) is 14.9 Å². The van der Waals surface area contributed by atoms with E-state index in [-0.39, 0.29) is 25.3 Å². The summed E-state index contributed by atoms with van der Waals surface area (Å²) < 4.78 is 5.36. The molecule has 0 radical (unpaired) electrons. The molecule has 0 aromatic rings. The average molecular weight is 261 g/mol. The lowest BCUT2D eigenvalue weighted by molar-refractivity contribution is -0.150. The molecule has 0 amide bonds. The third-order valence-electron chi connectivity index (χ3n) is 2.65. The summed E-state index contributed by atoms with van der Waals surface area (Å²) in [5, 5.41) is 17.6. The molecular weight excluding hydrogens is 234 g/mol. The normalized spacial score (nSPS) is 11.2. The van der Waals surface area contributed by atoms with Crippen molar-refractivity contribution in [1.29, 1.82) is 0 Å². The van der Waals surface area contributed by atoms with Crippen molar-refractivity contribution in [1.82, 2.24) is 4.90 Å². The number of hydrogen-bond donors (Lipinski definition) is 2. The summed E-state index contributed by atoms with van der Waals surface area (Å²) in [5.41, 5.74) is 0. The number of esters is 1. The fourth-order valence-corrected chi connectivity index (χ4v) is 1.68. The zero-order valence-corrected chi connectivity index (χ0v) is 11.6. The van der Waals surface area contributed by atoms with Crippen LogP contribution in [-0.2, 0) is 9.53 Å². The third-order valence-corrected chi connectivity index (χ3v) is 2.65. The van der Waals surface area contributed by atoms with E-state index < -0.39 is 0 Å². The number of nitrogens with zero attached hydrogens (tertiary/aromatic N) is 1. The van der Waals surface area contributed by atoms with Crippen molar-refractivity contribution in [3.05, 3.63) is 0 Å². The Morgan fingerprint density at radius 2 is 1.67 bits per heavy atom. The number of carbonyl (C=O) groups is 1. The second-order valence-corrected chi connectivity index (χ2v) is 4.75. The highest BCUT2D eigenvalue weighted by Crippen LogP contribution is 2.11. The Morgan fingerprint density at radius 1 is 1.11 bits per heavy atom. The highest BCUT2D eigenvalue weighted by molar-refractivity contribution is 5.69. The number of carbonyl (C=O) groups excluding carboxylic acids is 1. The highest BCUT2D eigenvalue weighted by atomic mass is 16.5. The van der Waals surface area contributed by atoms with Crippen molar-refractivity contribution < 1.29 is 19.7 Å². The Kier molecular flexibility index (Phi) is 11.0. The van der Waals surface area contributed by atoms with Gasteiger partial charge in [-0.1, -0.05) is 0 Å². The zero-order chi connectivity index (χ0) is 13.8. The van der Waals surface area contributed by atoms with Gasteiger partial charge in [0, 0.05) is 19.6 Å². The molecule has 0 atom stereocenters. The van der Waals surface area contributed by atoms with Crippen LogP contribution in [0.4, 0.5) is 0 Å². The molecule has 2 N–H and O–H groups in total. The Hall–Kier alpha value is -0.650. The summed E-state index contributed by atoms with van der Waals surface area (Å²) in [6, 6.07) is 0. The third kappa shape index (κ3) is 10.5. The molecule has 0 spiro atoms. The standard InChI is InChI=1S/C13H27NO4/c1-14(2)9-3-8-13(17)18-12(6-4-10-15)7-5-11-16/h12,15-16H,3-11H2,1-2H3. The van der Waals surface area contributed by atoms with Gasteiger partial charge in [-0.2, -0.15) is 0 Å². The fourth-order valence-electron chi connectivity index (χ4n) is 1.68. The smallest absolute Gasteiger partial charge is 0.306 e. The molecule has 0 heterocycles. The van der Waals surface area contributed by atoms with E-state index in [1.807, 2.05) is 19.0 Å². The largest absolute Gasteiger partial charge is 0.462 e. The molecule has 0 saturated carbocycles. The van der Waals surface area contributed by atoms with Crippen molar-refractivity contribution in [3.63, 3.8) is 0 Å². The van der Waals surface area contributed by atoms with Crippen molar-refractivity contribution in [2.45, 2.75) is 44.6 Å². The highest BCUT2D eigenvalue weighted by Gasteiger charge is 2.13. The van der Waals surface area contributed by atoms with Crippen molar-refractivity contribution in [2.75, 3.05) is 33.9 Å². The van der Waals surface area contributed by atoms with Gasteiger partial charge >= 0.3 is 5.97 Å². The Balaban J connectivity index is 3.85. The summed E-state index contributed by atoms with van der Waals surface area (Å²) in [6.45, 7) is 1.08. The van der Waals surface area contributed by atoms with Gasteiger partial charge in [-0.25, -0.2) is 0 Å². The first-order valence-corrected chi connectivity index (χ1v) is 6.66. The van der Waals surface area contributed by atoms with Gasteiger partial charge in [-0.05, 0) is 52.7 Å². The van der Waals surface area contributed by atoms with Crippen LogP contribution < -0.4 is 0 Å². The average Bonchev–Trinajstić information content (AvgIpc) is 2.32. The molecule has 0 aliphatic carbocycles. The van der Waals surface area contributed by atoms with Crippen LogP contribution in [0.15, 0.2) is 0 Å². The van der Waals surface area contributed by atoms with Crippen LogP contribution in [0.3, 0.4) is 0 Å². The predicted octanol–water partition coefficient (Wildman–Crippen LogP) is 0.785. The first kappa shape index (κ1) is 17.4. The molecule has 0 rings (SSSR count). The summed E-state index contributed by atoms with van der Waals surface area (Å²) >= 11 is 0. The molecule has 0 aliphatic heterocycles. The first-order valence-electron chi connectivity index (χ1n) is 6.66. The lowest BCUT2D eigenvalue weighted by atomic mass is 10.1. The van der Waals surface area contributed by atoms with E-state index in [9.17, 15) is 4.79 Å². The van der Waals surface area contributed by atoms with Crippen molar-refractivity contribution >= 4 is 5.97 Å². The molecule has 0 fully saturated rings. The fraction of sp³-hybridized carbons (Fsp3) is 0.923. The van der Waals surface area contributed by atoms with E-state index in [1.165, 1.54) is 0 Å². The second kappa shape index (κ2) is 11.4. The Bertz CT molecular complexity index is 201. The van der Waals surface area contributed by atoms with Crippen molar-refractivity contribution in [2.24, 2.45) is 0 Å². The second-order valence-electron chi connectivity index (χ2n) is 4.75. The summed E-state index contributed by atoms with van der Waals surface area (Å²) in [7, 11) is 3.94. The number of hydrogen-bond acceptors (Lipinski definition) is 5. The van der Waals surface area contributed by atoms with Crippen LogP contribution in [0.5, 0.6) is 0 Å². The van der Waals surface area contributed by atoms with E-state index >= 15 is 0 Å². The van der Waals surface area contributed by atoms with Crippen LogP contribution in [0.2, 0.25) is 0 Å². The molecule has 5 nitrogen and oxygen atoms in total. The predicted molar refractivity (Wildman–Crippen MR) is 70.3 cm³/mol. The summed E-state index contributed by atoms with van der Waals surface area (Å²) in [6.07, 6.45) is 3.62. The minimum absolute atomic E-state index is 0.105. The summed E-state index contributed by atoms with van der Waals surface area (Å²) in [5.74, 6) is -0.183. The zero-order valence-electron chi connectivity index (χ0n) is 11.6. The summed E-state index contributed by atoms with van der Waals surface area (Å²) in [4.78, 5) is 13.6. The maximum absolute atomic E-state index is 11.6. The number of ether oxygens (including phenoxy) is 1. The Labute approximate surface area is 110 Å². The molecule has 0 aromatic heterocycles. The maximum Gasteiger partial charge on any atom is 0.306 e. The molecule has 108 valence electrons. The minimum atomic E-state index is -0.183. The number of aliphatic hydroxyl groups is 2. The van der Waals surface area contributed by atoms with Gasteiger partial charge in [0.1, 0.15) is 6.10 Å². The topological polar surface area (TPSA) is 70.0 Å². The van der Waals surface area contributed by atoms with Gasteiger partial charge in [0.05, 0.1) is 0 Å². The van der Waals surface area contributed by atoms with E-state index in [0.29, 0.717) is 32.1 Å². The lowest BCUT2D eigenvalue weighted by Crippen LogP contribution is -2.20.